The number of nitrogens with zero attached hydrogens (tertiary/aromatic N) is 3. The summed E-state index contributed by atoms with van der Waals surface area (Å²) in [6, 6.07) is 24.3. The van der Waals surface area contributed by atoms with Crippen LogP contribution in [0.2, 0.25) is 0 Å². The molecule has 0 aliphatic carbocycles. The van der Waals surface area contributed by atoms with Gasteiger partial charge in [0, 0.05) is 58.5 Å². The Hall–Kier alpha value is -4.56. The van der Waals surface area contributed by atoms with E-state index in [-0.39, 0.29) is 5.97 Å². The maximum absolute atomic E-state index is 13.1. The standard InChI is InChI=1S/C37H39N3O4S/c1-7-43-36(41)37(4,5)21-33-35(45-25(2)3)31-20-30(44-24-29-10-8-9-19-38-29)16-17-32(31)40(33)23-26-11-13-27(14-12-26)28-15-18-34(42-6)39-22-28/h8-20,22H,2,7,21,23-24H2,1,3-6H3. The molecule has 0 atom stereocenters. The van der Waals surface area contributed by atoms with Crippen LogP contribution in [0.1, 0.15) is 44.6 Å². The predicted molar refractivity (Wildman–Crippen MR) is 181 cm³/mol. The minimum atomic E-state index is -0.740. The first-order chi connectivity index (χ1) is 21.7. The number of methoxy groups -OCH3 is 1. The minimum Gasteiger partial charge on any atom is -0.487 e. The highest BCUT2D eigenvalue weighted by Gasteiger charge is 2.33. The Balaban J connectivity index is 1.56. The van der Waals surface area contributed by atoms with E-state index in [0.29, 0.717) is 32.1 Å². The van der Waals surface area contributed by atoms with Crippen LogP contribution in [-0.4, -0.2) is 34.2 Å². The summed E-state index contributed by atoms with van der Waals surface area (Å²) in [4.78, 5) is 23.8. The Kier molecular flexibility index (Phi) is 9.93. The summed E-state index contributed by atoms with van der Waals surface area (Å²) in [5.41, 5.74) is 5.46. The number of thioether (sulfide) groups is 1. The molecule has 3 heterocycles. The first-order valence-corrected chi connectivity index (χ1v) is 15.8. The molecule has 232 valence electrons. The van der Waals surface area contributed by atoms with Crippen LogP contribution in [-0.2, 0) is 29.1 Å². The van der Waals surface area contributed by atoms with Crippen molar-refractivity contribution in [3.8, 4) is 22.8 Å². The third-order valence-electron chi connectivity index (χ3n) is 7.49. The summed E-state index contributed by atoms with van der Waals surface area (Å²) < 4.78 is 19.2. The minimum absolute atomic E-state index is 0.218. The number of hydrogen-bond acceptors (Lipinski definition) is 7. The molecule has 0 bridgehead atoms. The summed E-state index contributed by atoms with van der Waals surface area (Å²) in [6.45, 7) is 13.3. The highest BCUT2D eigenvalue weighted by atomic mass is 32.2. The molecular formula is C37H39N3O4S. The molecule has 7 nitrogen and oxygen atoms in total. The average Bonchev–Trinajstić information content (AvgIpc) is 3.30. The SMILES string of the molecule is C=C(C)Sc1c(CC(C)(C)C(=O)OCC)n(Cc2ccc(-c3ccc(OC)nc3)cc2)c2ccc(OCc3ccccn3)cc12. The Morgan fingerprint density at radius 3 is 2.42 bits per heavy atom. The molecule has 5 rings (SSSR count). The zero-order valence-corrected chi connectivity index (χ0v) is 27.3. The molecule has 0 aliphatic rings. The van der Waals surface area contributed by atoms with E-state index in [0.717, 1.165) is 54.5 Å². The molecule has 8 heteroatoms. The van der Waals surface area contributed by atoms with Gasteiger partial charge in [-0.1, -0.05) is 48.7 Å². The quantitative estimate of drug-likeness (QED) is 0.0964. The molecule has 2 aromatic carbocycles. The second kappa shape index (κ2) is 14.0. The van der Waals surface area contributed by atoms with Crippen LogP contribution in [0.5, 0.6) is 11.6 Å². The van der Waals surface area contributed by atoms with E-state index in [4.69, 9.17) is 14.2 Å². The van der Waals surface area contributed by atoms with Gasteiger partial charge in [0.25, 0.3) is 0 Å². The Bertz CT molecular complexity index is 1780. The number of hydrogen-bond donors (Lipinski definition) is 0. The molecule has 45 heavy (non-hydrogen) atoms. The first kappa shape index (κ1) is 31.9. The number of pyridine rings is 2. The third-order valence-corrected chi connectivity index (χ3v) is 8.50. The average molecular weight is 622 g/mol. The smallest absolute Gasteiger partial charge is 0.311 e. The lowest BCUT2D eigenvalue weighted by molar-refractivity contribution is -0.153. The summed E-state index contributed by atoms with van der Waals surface area (Å²) in [7, 11) is 1.61. The largest absolute Gasteiger partial charge is 0.487 e. The fraction of sp³-hybridized carbons (Fsp3) is 0.270. The van der Waals surface area contributed by atoms with E-state index in [1.807, 2.05) is 70.3 Å². The molecule has 0 spiro atoms. The van der Waals surface area contributed by atoms with E-state index in [1.165, 1.54) is 0 Å². The summed E-state index contributed by atoms with van der Waals surface area (Å²) in [6.07, 6.45) is 4.08. The van der Waals surface area contributed by atoms with Crippen LogP contribution in [0.3, 0.4) is 0 Å². The molecule has 0 amide bonds. The molecule has 0 radical (unpaired) electrons. The van der Waals surface area contributed by atoms with Crippen molar-refractivity contribution in [2.24, 2.45) is 5.41 Å². The fourth-order valence-electron chi connectivity index (χ4n) is 5.21. The van der Waals surface area contributed by atoms with Gasteiger partial charge in [-0.15, -0.1) is 0 Å². The van der Waals surface area contributed by atoms with E-state index in [2.05, 4.69) is 57.5 Å². The predicted octanol–water partition coefficient (Wildman–Crippen LogP) is 8.49. The van der Waals surface area contributed by atoms with Crippen molar-refractivity contribution in [3.05, 3.63) is 114 Å². The summed E-state index contributed by atoms with van der Waals surface area (Å²) >= 11 is 1.63. The number of esters is 1. The number of aromatic nitrogens is 3. The van der Waals surface area contributed by atoms with Crippen LogP contribution < -0.4 is 9.47 Å². The van der Waals surface area contributed by atoms with Crippen molar-refractivity contribution >= 4 is 28.6 Å². The Labute approximate surface area is 269 Å². The van der Waals surface area contributed by atoms with Gasteiger partial charge in [-0.2, -0.15) is 0 Å². The number of carbonyl (C=O) groups is 1. The van der Waals surface area contributed by atoms with Gasteiger partial charge in [-0.05, 0) is 80.1 Å². The topological polar surface area (TPSA) is 75.5 Å². The van der Waals surface area contributed by atoms with Gasteiger partial charge in [0.05, 0.1) is 24.8 Å². The molecule has 0 aliphatic heterocycles. The van der Waals surface area contributed by atoms with Gasteiger partial charge in [-0.3, -0.25) is 9.78 Å². The van der Waals surface area contributed by atoms with Crippen molar-refractivity contribution in [1.29, 1.82) is 0 Å². The van der Waals surface area contributed by atoms with Crippen LogP contribution in [0, 0.1) is 5.41 Å². The van der Waals surface area contributed by atoms with Crippen molar-refractivity contribution in [2.75, 3.05) is 13.7 Å². The van der Waals surface area contributed by atoms with Crippen molar-refractivity contribution in [2.45, 2.75) is 52.2 Å². The van der Waals surface area contributed by atoms with E-state index in [9.17, 15) is 4.79 Å². The van der Waals surface area contributed by atoms with Crippen LogP contribution >= 0.6 is 11.8 Å². The van der Waals surface area contributed by atoms with Crippen LogP contribution in [0.4, 0.5) is 0 Å². The van der Waals surface area contributed by atoms with E-state index >= 15 is 0 Å². The lowest BCUT2D eigenvalue weighted by Gasteiger charge is -2.24. The van der Waals surface area contributed by atoms with Crippen molar-refractivity contribution in [3.63, 3.8) is 0 Å². The van der Waals surface area contributed by atoms with Crippen LogP contribution in [0.15, 0.2) is 102 Å². The van der Waals surface area contributed by atoms with Gasteiger partial charge < -0.3 is 18.8 Å². The fourth-order valence-corrected chi connectivity index (χ4v) is 6.13. The van der Waals surface area contributed by atoms with Gasteiger partial charge in [0.2, 0.25) is 5.88 Å². The molecule has 0 saturated heterocycles. The lowest BCUT2D eigenvalue weighted by atomic mass is 9.87. The molecular weight excluding hydrogens is 582 g/mol. The number of allylic oxidation sites excluding steroid dienone is 1. The maximum atomic E-state index is 13.1. The third kappa shape index (κ3) is 7.57. The molecule has 3 aromatic heterocycles. The molecule has 0 unspecified atom stereocenters. The Morgan fingerprint density at radius 1 is 1.00 bits per heavy atom. The summed E-state index contributed by atoms with van der Waals surface area (Å²) in [5.74, 6) is 1.12. The highest BCUT2D eigenvalue weighted by molar-refractivity contribution is 8.03. The van der Waals surface area contributed by atoms with Crippen molar-refractivity contribution in [1.82, 2.24) is 14.5 Å². The number of rotatable bonds is 13. The van der Waals surface area contributed by atoms with E-state index < -0.39 is 5.41 Å². The summed E-state index contributed by atoms with van der Waals surface area (Å²) in [5, 5.41) is 1.05. The van der Waals surface area contributed by atoms with E-state index in [1.54, 1.807) is 25.1 Å². The molecule has 0 saturated carbocycles. The number of ether oxygens (including phenoxy) is 3. The zero-order valence-electron chi connectivity index (χ0n) is 26.5. The zero-order chi connectivity index (χ0) is 32.0. The molecule has 5 aromatic rings. The number of benzene rings is 2. The lowest BCUT2D eigenvalue weighted by Crippen LogP contribution is -2.30. The maximum Gasteiger partial charge on any atom is 0.311 e. The molecule has 0 fully saturated rings. The number of fused-ring (bicyclic) bond motifs is 1. The van der Waals surface area contributed by atoms with Crippen LogP contribution in [0.25, 0.3) is 22.0 Å². The highest BCUT2D eigenvalue weighted by Crippen LogP contribution is 2.42. The van der Waals surface area contributed by atoms with Gasteiger partial charge in [0.1, 0.15) is 12.4 Å². The second-order valence-electron chi connectivity index (χ2n) is 11.5. The molecule has 0 N–H and O–H groups in total. The first-order valence-electron chi connectivity index (χ1n) is 15.0. The van der Waals surface area contributed by atoms with Gasteiger partial charge >= 0.3 is 5.97 Å². The number of carbonyl (C=O) groups excluding carboxylic acids is 1. The van der Waals surface area contributed by atoms with Gasteiger partial charge in [-0.25, -0.2) is 4.98 Å². The normalized spacial score (nSPS) is 11.4. The monoisotopic (exact) mass is 621 g/mol. The second-order valence-corrected chi connectivity index (χ2v) is 12.8. The van der Waals surface area contributed by atoms with Gasteiger partial charge in [0.15, 0.2) is 0 Å². The Morgan fingerprint density at radius 2 is 1.78 bits per heavy atom. The van der Waals surface area contributed by atoms with Crippen molar-refractivity contribution < 1.29 is 19.0 Å².